The van der Waals surface area contributed by atoms with E-state index in [9.17, 15) is 49.8 Å². The lowest BCUT2D eigenvalue weighted by Gasteiger charge is -2.22. The third-order valence-corrected chi connectivity index (χ3v) is 11.7. The van der Waals surface area contributed by atoms with Crippen molar-refractivity contribution in [2.75, 3.05) is 73.9 Å². The number of aliphatic carboxylic acids is 2. The molecule has 8 N–H and O–H groups in total. The van der Waals surface area contributed by atoms with Gasteiger partial charge in [-0.3, -0.25) is 9.59 Å². The number of pyridine rings is 2. The van der Waals surface area contributed by atoms with Gasteiger partial charge in [-0.25, -0.2) is 9.59 Å². The summed E-state index contributed by atoms with van der Waals surface area (Å²) in [5.41, 5.74) is 5.43. The molecule has 4 rings (SSSR count). The first-order chi connectivity index (χ1) is 30.0. The van der Waals surface area contributed by atoms with Crippen molar-refractivity contribution in [3.63, 3.8) is 0 Å². The maximum atomic E-state index is 12.8. The molecule has 62 heavy (non-hydrogen) atoms. The molecule has 4 aromatic rings. The van der Waals surface area contributed by atoms with Crippen LogP contribution in [0.15, 0.2) is 97.6 Å². The molecule has 0 aliphatic heterocycles. The number of rotatable bonds is 27. The number of carbonyl (C=O) groups is 4. The Labute approximate surface area is 368 Å². The van der Waals surface area contributed by atoms with Gasteiger partial charge in [0.25, 0.3) is 11.8 Å². The molecule has 0 aliphatic rings. The number of amides is 2. The molecule has 2 heterocycles. The number of anilines is 2. The van der Waals surface area contributed by atoms with Crippen LogP contribution in [0, 0.1) is 0 Å². The number of carbonyl (C=O) groups excluding carboxylic acids is 2. The standard InChI is InChI=1S/C44H52N6O10S2/c51-25-21-49(22-26-52)37-9-5-33(6-10-37)1-3-35-13-17-47(18-14-35)29-41(55)45-39(43(57)58)31-61-62-32-40(44(59)60)46-42(56)30-48-19-15-36(16-20-48)4-2-34-7-11-38(12-8-34)50(23-27-53)24-28-54/h1-20,39-40,51-54H,21-32H2,(H2-2,45,46,55,56,57,58,59,60)/p+2. The average Bonchev–Trinajstić information content (AvgIpc) is 3.26. The number of carboxylic acids is 2. The van der Waals surface area contributed by atoms with Gasteiger partial charge in [0.1, 0.15) is 12.1 Å². The highest BCUT2D eigenvalue weighted by Crippen LogP contribution is 2.23. The molecule has 16 nitrogen and oxygen atoms in total. The molecule has 0 fully saturated rings. The summed E-state index contributed by atoms with van der Waals surface area (Å²) in [5.74, 6) is -3.60. The Morgan fingerprint density at radius 3 is 1.06 bits per heavy atom. The fourth-order valence-electron chi connectivity index (χ4n) is 5.96. The van der Waals surface area contributed by atoms with Gasteiger partial charge in [0.15, 0.2) is 24.8 Å². The number of nitrogens with one attached hydrogen (secondary N) is 2. The molecule has 0 saturated heterocycles. The third kappa shape index (κ3) is 16.9. The fourth-order valence-corrected chi connectivity index (χ4v) is 8.27. The van der Waals surface area contributed by atoms with Gasteiger partial charge in [0.05, 0.1) is 26.4 Å². The van der Waals surface area contributed by atoms with Crippen molar-refractivity contribution in [1.29, 1.82) is 0 Å². The van der Waals surface area contributed by atoms with E-state index in [1.807, 2.05) is 107 Å². The summed E-state index contributed by atoms with van der Waals surface area (Å²) in [5, 5.41) is 61.6. The van der Waals surface area contributed by atoms with E-state index < -0.39 is 35.8 Å². The number of aliphatic hydroxyl groups is 4. The van der Waals surface area contributed by atoms with Crippen molar-refractivity contribution in [2.45, 2.75) is 25.2 Å². The number of carboxylic acid groups (broad SMARTS) is 2. The molecule has 0 radical (unpaired) electrons. The number of benzene rings is 2. The molecule has 2 aromatic carbocycles. The quantitative estimate of drug-likeness (QED) is 0.0241. The van der Waals surface area contributed by atoms with Crippen LogP contribution in [0.4, 0.5) is 11.4 Å². The van der Waals surface area contributed by atoms with Gasteiger partial charge in [0, 0.05) is 73.3 Å². The molecule has 0 saturated carbocycles. The van der Waals surface area contributed by atoms with E-state index in [2.05, 4.69) is 10.6 Å². The molecule has 330 valence electrons. The minimum absolute atomic E-state index is 0.0179. The lowest BCUT2D eigenvalue weighted by molar-refractivity contribution is -0.684. The summed E-state index contributed by atoms with van der Waals surface area (Å²) >= 11 is 0. The van der Waals surface area contributed by atoms with Crippen molar-refractivity contribution in [2.24, 2.45) is 0 Å². The van der Waals surface area contributed by atoms with Crippen molar-refractivity contribution in [3.8, 4) is 0 Å². The first kappa shape index (κ1) is 48.9. The lowest BCUT2D eigenvalue weighted by atomic mass is 10.1. The van der Waals surface area contributed by atoms with Gasteiger partial charge in [-0.05, 0) is 46.5 Å². The van der Waals surface area contributed by atoms with Crippen LogP contribution in [0.2, 0.25) is 0 Å². The minimum atomic E-state index is -1.24. The van der Waals surface area contributed by atoms with Gasteiger partial charge in [-0.2, -0.15) is 9.13 Å². The van der Waals surface area contributed by atoms with Crippen molar-refractivity contribution in [3.05, 3.63) is 120 Å². The van der Waals surface area contributed by atoms with Gasteiger partial charge in [-0.1, -0.05) is 70.2 Å². The largest absolute Gasteiger partial charge is 0.480 e. The SMILES string of the molecule is O=C(C[n+]1ccc(C=Cc2ccc(N(CCO)CCO)cc2)cc1)NC(CSSCC(NC(=O)C[n+]1ccc(C=Cc2ccc(N(CCO)CCO)cc2)cc1)C(=O)O)C(=O)O. The second kappa shape index (κ2) is 26.5. The van der Waals surface area contributed by atoms with Gasteiger partial charge >= 0.3 is 11.9 Å². The van der Waals surface area contributed by atoms with E-state index in [1.54, 1.807) is 33.9 Å². The first-order valence-electron chi connectivity index (χ1n) is 19.8. The van der Waals surface area contributed by atoms with Crippen LogP contribution < -0.4 is 29.6 Å². The maximum Gasteiger partial charge on any atom is 0.327 e. The van der Waals surface area contributed by atoms with Gasteiger partial charge in [0.2, 0.25) is 13.1 Å². The minimum Gasteiger partial charge on any atom is -0.480 e. The number of hydrogen-bond acceptors (Lipinski definition) is 12. The topological polar surface area (TPSA) is 228 Å². The summed E-state index contributed by atoms with van der Waals surface area (Å²) in [4.78, 5) is 53.2. The highest BCUT2D eigenvalue weighted by molar-refractivity contribution is 8.76. The van der Waals surface area contributed by atoms with Gasteiger partial charge in [-0.15, -0.1) is 0 Å². The van der Waals surface area contributed by atoms with Crippen LogP contribution in [0.25, 0.3) is 24.3 Å². The van der Waals surface area contributed by atoms with E-state index >= 15 is 0 Å². The Balaban J connectivity index is 1.18. The summed E-state index contributed by atoms with van der Waals surface area (Å²) in [6, 6.07) is 20.2. The molecule has 2 unspecified atom stereocenters. The molecule has 18 heteroatoms. The number of nitrogens with zero attached hydrogens (tertiary/aromatic N) is 4. The molecule has 0 bridgehead atoms. The van der Waals surface area contributed by atoms with E-state index in [4.69, 9.17) is 0 Å². The lowest BCUT2D eigenvalue weighted by Crippen LogP contribution is -2.49. The zero-order valence-electron chi connectivity index (χ0n) is 34.1. The van der Waals surface area contributed by atoms with Crippen molar-refractivity contribution >= 4 is 81.0 Å². The zero-order valence-corrected chi connectivity index (χ0v) is 35.7. The van der Waals surface area contributed by atoms with Crippen LogP contribution >= 0.6 is 21.6 Å². The Hall–Kier alpha value is -5.76. The summed E-state index contributed by atoms with van der Waals surface area (Å²) in [6.45, 7) is 1.37. The van der Waals surface area contributed by atoms with Gasteiger partial charge < -0.3 is 51.1 Å². The smallest absolute Gasteiger partial charge is 0.327 e. The number of hydrogen-bond donors (Lipinski definition) is 8. The Morgan fingerprint density at radius 1 is 0.500 bits per heavy atom. The molecule has 2 aromatic heterocycles. The molecular formula is C44H54N6O10S2+2. The Kier molecular flexibility index (Phi) is 20.9. The Morgan fingerprint density at radius 2 is 0.790 bits per heavy atom. The zero-order chi connectivity index (χ0) is 44.7. The summed E-state index contributed by atoms with van der Waals surface area (Å²) in [6.07, 6.45) is 14.5. The van der Waals surface area contributed by atoms with Crippen molar-refractivity contribution in [1.82, 2.24) is 10.6 Å². The predicted octanol–water partition coefficient (Wildman–Crippen LogP) is 1.40. The Bertz CT molecular complexity index is 1910. The first-order valence-corrected chi connectivity index (χ1v) is 22.3. The monoisotopic (exact) mass is 890 g/mol. The average molecular weight is 891 g/mol. The summed E-state index contributed by atoms with van der Waals surface area (Å²) < 4.78 is 3.23. The van der Waals surface area contributed by atoms with Crippen LogP contribution in [0.1, 0.15) is 22.3 Å². The van der Waals surface area contributed by atoms with Crippen LogP contribution in [0.3, 0.4) is 0 Å². The highest BCUT2D eigenvalue weighted by Gasteiger charge is 2.25. The number of aromatic nitrogens is 2. The highest BCUT2D eigenvalue weighted by atomic mass is 33.1. The second-order valence-electron chi connectivity index (χ2n) is 13.8. The second-order valence-corrected chi connectivity index (χ2v) is 16.4. The van der Waals surface area contributed by atoms with Crippen molar-refractivity contribution < 1.29 is 59.0 Å². The third-order valence-electron chi connectivity index (χ3n) is 9.24. The van der Waals surface area contributed by atoms with Crippen LogP contribution in [-0.4, -0.2) is 131 Å². The molecule has 2 atom stereocenters. The predicted molar refractivity (Wildman–Crippen MR) is 241 cm³/mol. The van der Waals surface area contributed by atoms with E-state index in [1.165, 1.54) is 0 Å². The van der Waals surface area contributed by atoms with E-state index in [-0.39, 0.29) is 51.0 Å². The molecule has 0 spiro atoms. The normalized spacial score (nSPS) is 12.3. The van der Waals surface area contributed by atoms with Crippen LogP contribution in [0.5, 0.6) is 0 Å². The molecule has 2 amide bonds. The maximum absolute atomic E-state index is 12.8. The molecule has 0 aliphatic carbocycles. The number of aliphatic hydroxyl groups excluding tert-OH is 4. The summed E-state index contributed by atoms with van der Waals surface area (Å²) in [7, 11) is 2.15. The van der Waals surface area contributed by atoms with E-state index in [0.717, 1.165) is 55.2 Å². The fraction of sp³-hybridized carbons (Fsp3) is 0.318. The molecular weight excluding hydrogens is 837 g/mol. The van der Waals surface area contributed by atoms with Crippen LogP contribution in [-0.2, 0) is 32.3 Å². The van der Waals surface area contributed by atoms with E-state index in [0.29, 0.717) is 26.2 Å².